The first-order valence-electron chi connectivity index (χ1n) is 2.07. The summed E-state index contributed by atoms with van der Waals surface area (Å²) in [5.74, 6) is 0. The average Bonchev–Trinajstić information content (AvgIpc) is 1.67. The number of rotatable bonds is 3. The van der Waals surface area contributed by atoms with Crippen LogP contribution in [0.15, 0.2) is 0 Å². The summed E-state index contributed by atoms with van der Waals surface area (Å²) in [6, 6.07) is 0. The molecule has 0 aromatic rings. The van der Waals surface area contributed by atoms with Gasteiger partial charge in [0.1, 0.15) is 0 Å². The molecule has 0 aromatic carbocycles. The molecule has 0 spiro atoms. The monoisotopic (exact) mass is 164 g/mol. The predicted molar refractivity (Wildman–Crippen MR) is 28.7 cm³/mol. The molecule has 6 heteroatoms. The first-order valence-corrected chi connectivity index (χ1v) is 3.40. The Morgan fingerprint density at radius 1 is 1.56 bits per heavy atom. The van der Waals surface area contributed by atoms with Gasteiger partial charge in [-0.1, -0.05) is 0 Å². The summed E-state index contributed by atoms with van der Waals surface area (Å²) in [5.41, 5.74) is 0. The molecule has 0 fully saturated rings. The van der Waals surface area contributed by atoms with Crippen LogP contribution in [0.4, 0.5) is 0 Å². The Balaban J connectivity index is -0.000000245. The summed E-state index contributed by atoms with van der Waals surface area (Å²) in [6.45, 7) is 1.67. The van der Waals surface area contributed by atoms with Gasteiger partial charge in [-0.3, -0.25) is 4.18 Å². The maximum absolute atomic E-state index is 10.2. The van der Waals surface area contributed by atoms with Gasteiger partial charge in [-0.05, 0) is 6.92 Å². The van der Waals surface area contributed by atoms with Gasteiger partial charge >= 0.3 is 40.0 Å². The van der Waals surface area contributed by atoms with E-state index in [0.717, 1.165) is 7.11 Å². The van der Waals surface area contributed by atoms with Crippen molar-refractivity contribution < 1.29 is 47.8 Å². The van der Waals surface area contributed by atoms with Gasteiger partial charge in [0.2, 0.25) is 0 Å². The molecule has 0 aromatic heterocycles. The van der Waals surface area contributed by atoms with Crippen molar-refractivity contribution in [2.24, 2.45) is 0 Å². The van der Waals surface area contributed by atoms with E-state index in [-0.39, 0.29) is 37.6 Å². The van der Waals surface area contributed by atoms with Gasteiger partial charge < -0.3 is 1.43 Å². The normalized spacial score (nSPS) is 10.4. The van der Waals surface area contributed by atoms with E-state index in [9.17, 15) is 8.42 Å². The summed E-state index contributed by atoms with van der Waals surface area (Å²) < 4.78 is 28.4. The Labute approximate surface area is 78.6 Å². The molecule has 0 N–H and O–H groups in total. The molecule has 0 aliphatic heterocycles. The SMILES string of the molecule is CCOS(=O)(=O)OC.[H-].[Na+]. The van der Waals surface area contributed by atoms with Crippen LogP contribution < -0.4 is 29.6 Å². The standard InChI is InChI=1S/C3H8O4S.Na.H/c1-3-7-8(4,5)6-2;;/h3H2,1-2H3;;/q;+1;-1. The van der Waals surface area contributed by atoms with Crippen molar-refractivity contribution in [3.63, 3.8) is 0 Å². The molecule has 0 rings (SSSR count). The fraction of sp³-hybridized carbons (Fsp3) is 1.00. The van der Waals surface area contributed by atoms with Crippen molar-refractivity contribution in [2.45, 2.75) is 6.92 Å². The van der Waals surface area contributed by atoms with Crippen molar-refractivity contribution in [3.8, 4) is 0 Å². The van der Waals surface area contributed by atoms with Crippen LogP contribution in [0.3, 0.4) is 0 Å². The quantitative estimate of drug-likeness (QED) is 0.418. The minimum absolute atomic E-state index is 0. The maximum atomic E-state index is 10.2. The minimum Gasteiger partial charge on any atom is -1.00 e. The van der Waals surface area contributed by atoms with E-state index in [4.69, 9.17) is 0 Å². The van der Waals surface area contributed by atoms with E-state index in [1.807, 2.05) is 0 Å². The van der Waals surface area contributed by atoms with Crippen LogP contribution in [0.5, 0.6) is 0 Å². The molecule has 0 atom stereocenters. The van der Waals surface area contributed by atoms with Crippen LogP contribution in [0.2, 0.25) is 0 Å². The van der Waals surface area contributed by atoms with E-state index in [1.54, 1.807) is 6.92 Å². The molecule has 0 heterocycles. The van der Waals surface area contributed by atoms with E-state index < -0.39 is 10.4 Å². The van der Waals surface area contributed by atoms with Gasteiger partial charge in [0.25, 0.3) is 0 Å². The van der Waals surface area contributed by atoms with E-state index in [0.29, 0.717) is 0 Å². The smallest absolute Gasteiger partial charge is 1.00 e. The topological polar surface area (TPSA) is 52.6 Å². The zero-order chi connectivity index (χ0) is 6.62. The van der Waals surface area contributed by atoms with Crippen molar-refractivity contribution in [1.82, 2.24) is 0 Å². The minimum atomic E-state index is -3.67. The largest absolute Gasteiger partial charge is 1.00 e. The van der Waals surface area contributed by atoms with Gasteiger partial charge in [-0.2, -0.15) is 8.42 Å². The first kappa shape index (κ1) is 12.5. The van der Waals surface area contributed by atoms with Crippen LogP contribution in [-0.4, -0.2) is 22.1 Å². The zero-order valence-electron chi connectivity index (χ0n) is 6.75. The second kappa shape index (κ2) is 5.64. The zero-order valence-corrected chi connectivity index (χ0v) is 8.56. The Morgan fingerprint density at radius 2 is 2.00 bits per heavy atom. The third kappa shape index (κ3) is 6.76. The molecule has 0 amide bonds. The molecular formula is C3H9NaO4S. The molecular weight excluding hydrogens is 155 g/mol. The van der Waals surface area contributed by atoms with Gasteiger partial charge in [-0.15, -0.1) is 0 Å². The molecule has 0 saturated carbocycles. The van der Waals surface area contributed by atoms with Crippen molar-refractivity contribution in [3.05, 3.63) is 0 Å². The Kier molecular flexibility index (Phi) is 7.86. The average molecular weight is 164 g/mol. The summed E-state index contributed by atoms with van der Waals surface area (Å²) in [6.07, 6.45) is 0. The molecule has 0 saturated heterocycles. The van der Waals surface area contributed by atoms with Crippen LogP contribution in [0.1, 0.15) is 8.35 Å². The first-order chi connectivity index (χ1) is 3.62. The molecule has 0 unspecified atom stereocenters. The van der Waals surface area contributed by atoms with E-state index in [1.165, 1.54) is 0 Å². The molecule has 0 aliphatic carbocycles. The molecule has 0 bridgehead atoms. The van der Waals surface area contributed by atoms with Crippen LogP contribution in [0.25, 0.3) is 0 Å². The number of hydrogen-bond acceptors (Lipinski definition) is 4. The van der Waals surface area contributed by atoms with Crippen LogP contribution in [-0.2, 0) is 18.8 Å². The number of hydrogen-bond donors (Lipinski definition) is 0. The van der Waals surface area contributed by atoms with E-state index in [2.05, 4.69) is 8.37 Å². The van der Waals surface area contributed by atoms with Crippen molar-refractivity contribution >= 4 is 10.4 Å². The van der Waals surface area contributed by atoms with Gasteiger partial charge in [0, 0.05) is 0 Å². The van der Waals surface area contributed by atoms with E-state index >= 15 is 0 Å². The summed E-state index contributed by atoms with van der Waals surface area (Å²) >= 11 is 0. The fourth-order valence-electron chi connectivity index (χ4n) is 0.192. The van der Waals surface area contributed by atoms with Crippen molar-refractivity contribution in [1.29, 1.82) is 0 Å². The summed E-state index contributed by atoms with van der Waals surface area (Å²) in [7, 11) is -2.62. The van der Waals surface area contributed by atoms with Crippen LogP contribution in [0, 0.1) is 0 Å². The van der Waals surface area contributed by atoms with Gasteiger partial charge in [0.15, 0.2) is 0 Å². The molecule has 9 heavy (non-hydrogen) atoms. The van der Waals surface area contributed by atoms with Crippen LogP contribution >= 0.6 is 0 Å². The molecule has 0 radical (unpaired) electrons. The van der Waals surface area contributed by atoms with Gasteiger partial charge in [-0.25, -0.2) is 4.18 Å². The Hall–Kier alpha value is 0.870. The summed E-state index contributed by atoms with van der Waals surface area (Å²) in [5, 5.41) is 0. The molecule has 52 valence electrons. The third-order valence-electron chi connectivity index (χ3n) is 0.466. The molecule has 4 nitrogen and oxygen atoms in total. The predicted octanol–water partition coefficient (Wildman–Crippen LogP) is -2.97. The Bertz CT molecular complexity index is 145. The maximum Gasteiger partial charge on any atom is 1.00 e. The second-order valence-corrected chi connectivity index (χ2v) is 2.37. The molecule has 0 aliphatic rings. The summed E-state index contributed by atoms with van der Waals surface area (Å²) in [4.78, 5) is 0. The second-order valence-electron chi connectivity index (χ2n) is 0.981. The third-order valence-corrected chi connectivity index (χ3v) is 1.40. The fourth-order valence-corrected chi connectivity index (χ4v) is 0.577. The Morgan fingerprint density at radius 3 is 2.11 bits per heavy atom. The van der Waals surface area contributed by atoms with Gasteiger partial charge in [0.05, 0.1) is 13.7 Å². The van der Waals surface area contributed by atoms with Crippen molar-refractivity contribution in [2.75, 3.05) is 13.7 Å².